The van der Waals surface area contributed by atoms with Gasteiger partial charge in [-0.05, 0) is 19.1 Å². The molecule has 0 aliphatic heterocycles. The predicted molar refractivity (Wildman–Crippen MR) is 88.6 cm³/mol. The average molecular weight is 360 g/mol. The molecule has 10 nitrogen and oxygen atoms in total. The lowest BCUT2D eigenvalue weighted by molar-refractivity contribution is 0.101. The van der Waals surface area contributed by atoms with Crippen LogP contribution in [0, 0.1) is 6.92 Å². The van der Waals surface area contributed by atoms with E-state index in [4.69, 9.17) is 23.2 Å². The highest BCUT2D eigenvalue weighted by molar-refractivity contribution is 6.01. The quantitative estimate of drug-likeness (QED) is 0.705. The number of benzene rings is 1. The van der Waals surface area contributed by atoms with Gasteiger partial charge in [-0.3, -0.25) is 10.1 Å². The van der Waals surface area contributed by atoms with Crippen LogP contribution in [0.1, 0.15) is 16.2 Å². The topological polar surface area (TPSA) is 122 Å². The van der Waals surface area contributed by atoms with Gasteiger partial charge in [0.05, 0.1) is 21.3 Å². The zero-order valence-electron chi connectivity index (χ0n) is 14.5. The Hall–Kier alpha value is -3.56. The van der Waals surface area contributed by atoms with Gasteiger partial charge in [0.1, 0.15) is 5.76 Å². The van der Waals surface area contributed by atoms with Crippen LogP contribution in [-0.2, 0) is 0 Å². The molecule has 0 unspecified atom stereocenters. The van der Waals surface area contributed by atoms with E-state index in [9.17, 15) is 4.79 Å². The Morgan fingerprint density at radius 2 is 1.73 bits per heavy atom. The van der Waals surface area contributed by atoms with E-state index in [-0.39, 0.29) is 17.6 Å². The Morgan fingerprint density at radius 3 is 2.27 bits per heavy atom. The third-order valence-corrected chi connectivity index (χ3v) is 3.42. The fourth-order valence-electron chi connectivity index (χ4n) is 2.23. The first-order valence-corrected chi connectivity index (χ1v) is 7.44. The van der Waals surface area contributed by atoms with Crippen molar-refractivity contribution in [1.82, 2.24) is 15.4 Å². The fourth-order valence-corrected chi connectivity index (χ4v) is 2.23. The van der Waals surface area contributed by atoms with Crippen LogP contribution in [0.3, 0.4) is 0 Å². The maximum absolute atomic E-state index is 12.0. The number of aromatic nitrogens is 3. The van der Waals surface area contributed by atoms with Crippen molar-refractivity contribution in [2.75, 3.05) is 26.6 Å². The molecule has 0 saturated heterocycles. The van der Waals surface area contributed by atoms with Crippen molar-refractivity contribution < 1.29 is 27.9 Å². The van der Waals surface area contributed by atoms with E-state index in [1.165, 1.54) is 27.4 Å². The molecular formula is C16H16N4O6. The van der Waals surface area contributed by atoms with E-state index >= 15 is 0 Å². The lowest BCUT2D eigenvalue weighted by atomic mass is 10.2. The summed E-state index contributed by atoms with van der Waals surface area (Å²) in [5.74, 6) is 1.46. The molecule has 0 spiro atoms. The lowest BCUT2D eigenvalue weighted by Crippen LogP contribution is -2.12. The minimum Gasteiger partial charge on any atom is -0.493 e. The van der Waals surface area contributed by atoms with Gasteiger partial charge in [0.2, 0.25) is 11.6 Å². The smallest absolute Gasteiger partial charge is 0.322 e. The summed E-state index contributed by atoms with van der Waals surface area (Å²) in [5, 5.41) is 13.8. The number of carbonyl (C=O) groups excluding carboxylic acids is 1. The van der Waals surface area contributed by atoms with Gasteiger partial charge >= 0.3 is 6.01 Å². The Labute approximate surface area is 148 Å². The monoisotopic (exact) mass is 360 g/mol. The van der Waals surface area contributed by atoms with Crippen LogP contribution in [0.5, 0.6) is 17.2 Å². The molecule has 10 heteroatoms. The summed E-state index contributed by atoms with van der Waals surface area (Å²) in [7, 11) is 4.51. The van der Waals surface area contributed by atoms with Gasteiger partial charge in [0, 0.05) is 11.6 Å². The van der Waals surface area contributed by atoms with E-state index in [0.717, 1.165) is 0 Å². The predicted octanol–water partition coefficient (Wildman–Crippen LogP) is 2.31. The maximum atomic E-state index is 12.0. The number of carbonyl (C=O) groups is 1. The molecule has 0 saturated carbocycles. The highest BCUT2D eigenvalue weighted by atomic mass is 16.5. The Morgan fingerprint density at radius 1 is 1.04 bits per heavy atom. The first-order chi connectivity index (χ1) is 12.5. The molecule has 0 radical (unpaired) electrons. The number of hydrogen-bond acceptors (Lipinski definition) is 9. The van der Waals surface area contributed by atoms with E-state index in [1.807, 2.05) is 0 Å². The molecule has 1 amide bonds. The SMILES string of the molecule is COc1cc(-c2nnc(NC(=O)c3cc(C)on3)o2)cc(OC)c1OC. The normalized spacial score (nSPS) is 10.5. The first-order valence-electron chi connectivity index (χ1n) is 7.44. The molecule has 0 aliphatic rings. The molecule has 0 aliphatic carbocycles. The lowest BCUT2D eigenvalue weighted by Gasteiger charge is -2.12. The zero-order valence-corrected chi connectivity index (χ0v) is 14.5. The fraction of sp³-hybridized carbons (Fsp3) is 0.250. The second kappa shape index (κ2) is 7.13. The molecule has 0 fully saturated rings. The van der Waals surface area contributed by atoms with E-state index in [1.54, 1.807) is 19.1 Å². The van der Waals surface area contributed by atoms with Gasteiger partial charge in [-0.25, -0.2) is 0 Å². The largest absolute Gasteiger partial charge is 0.493 e. The van der Waals surface area contributed by atoms with Crippen molar-refractivity contribution >= 4 is 11.9 Å². The van der Waals surface area contributed by atoms with Crippen LogP contribution < -0.4 is 19.5 Å². The number of hydrogen-bond donors (Lipinski definition) is 1. The van der Waals surface area contributed by atoms with Crippen LogP contribution in [-0.4, -0.2) is 42.6 Å². The van der Waals surface area contributed by atoms with Gasteiger partial charge in [-0.15, -0.1) is 5.10 Å². The minimum atomic E-state index is -0.526. The number of nitrogens with zero attached hydrogens (tertiary/aromatic N) is 3. The van der Waals surface area contributed by atoms with Crippen molar-refractivity contribution in [3.63, 3.8) is 0 Å². The van der Waals surface area contributed by atoms with Gasteiger partial charge in [0.25, 0.3) is 5.91 Å². The summed E-state index contributed by atoms with van der Waals surface area (Å²) in [6, 6.07) is 4.72. The molecule has 1 N–H and O–H groups in total. The summed E-state index contributed by atoms with van der Waals surface area (Å²) < 4.78 is 26.2. The van der Waals surface area contributed by atoms with Crippen molar-refractivity contribution in [1.29, 1.82) is 0 Å². The van der Waals surface area contributed by atoms with Gasteiger partial charge in [-0.2, -0.15) is 0 Å². The Bertz CT molecular complexity index is 907. The molecule has 3 rings (SSSR count). The maximum Gasteiger partial charge on any atom is 0.322 e. The highest BCUT2D eigenvalue weighted by Gasteiger charge is 2.19. The molecule has 2 heterocycles. The number of amides is 1. The van der Waals surface area contributed by atoms with Crippen molar-refractivity contribution in [2.45, 2.75) is 6.92 Å². The number of nitrogens with one attached hydrogen (secondary N) is 1. The molecule has 26 heavy (non-hydrogen) atoms. The van der Waals surface area contributed by atoms with Crippen LogP contribution in [0.4, 0.5) is 6.01 Å². The van der Waals surface area contributed by atoms with Gasteiger partial charge < -0.3 is 23.2 Å². The molecule has 1 aromatic carbocycles. The number of aryl methyl sites for hydroxylation is 1. The number of ether oxygens (including phenoxy) is 3. The second-order valence-corrected chi connectivity index (χ2v) is 5.10. The number of rotatable bonds is 6. The first kappa shape index (κ1) is 17.3. The standard InChI is InChI=1S/C16H16N4O6/c1-8-5-10(20-26-8)14(21)17-16-19-18-15(25-16)9-6-11(22-2)13(24-4)12(7-9)23-3/h5-7H,1-4H3,(H,17,19,21). The minimum absolute atomic E-state index is 0.0839. The highest BCUT2D eigenvalue weighted by Crippen LogP contribution is 2.41. The van der Waals surface area contributed by atoms with Crippen molar-refractivity contribution in [3.05, 3.63) is 29.7 Å². The van der Waals surface area contributed by atoms with Gasteiger partial charge in [-0.1, -0.05) is 10.3 Å². The third kappa shape index (κ3) is 3.29. The average Bonchev–Trinajstić information content (AvgIpc) is 3.29. The molecule has 0 bridgehead atoms. The van der Waals surface area contributed by atoms with Crippen molar-refractivity contribution in [3.8, 4) is 28.7 Å². The van der Waals surface area contributed by atoms with E-state index in [2.05, 4.69) is 20.7 Å². The van der Waals surface area contributed by atoms with Crippen LogP contribution in [0.15, 0.2) is 27.1 Å². The second-order valence-electron chi connectivity index (χ2n) is 5.10. The molecule has 2 aromatic heterocycles. The molecule has 3 aromatic rings. The Balaban J connectivity index is 1.86. The molecular weight excluding hydrogens is 344 g/mol. The number of methoxy groups -OCH3 is 3. The van der Waals surface area contributed by atoms with E-state index in [0.29, 0.717) is 28.6 Å². The third-order valence-electron chi connectivity index (χ3n) is 3.42. The van der Waals surface area contributed by atoms with E-state index < -0.39 is 5.91 Å². The molecule has 136 valence electrons. The number of anilines is 1. The van der Waals surface area contributed by atoms with Crippen LogP contribution >= 0.6 is 0 Å². The van der Waals surface area contributed by atoms with Crippen molar-refractivity contribution in [2.24, 2.45) is 0 Å². The molecule has 0 atom stereocenters. The zero-order chi connectivity index (χ0) is 18.7. The van der Waals surface area contributed by atoms with Crippen LogP contribution in [0.2, 0.25) is 0 Å². The van der Waals surface area contributed by atoms with Gasteiger partial charge in [0.15, 0.2) is 17.2 Å². The Kier molecular flexibility index (Phi) is 4.74. The summed E-state index contributed by atoms with van der Waals surface area (Å²) in [4.78, 5) is 12.0. The van der Waals surface area contributed by atoms with Crippen LogP contribution in [0.25, 0.3) is 11.5 Å². The summed E-state index contributed by atoms with van der Waals surface area (Å²) in [5.41, 5.74) is 0.639. The summed E-state index contributed by atoms with van der Waals surface area (Å²) >= 11 is 0. The summed E-state index contributed by atoms with van der Waals surface area (Å²) in [6.07, 6.45) is 0. The summed E-state index contributed by atoms with van der Waals surface area (Å²) in [6.45, 7) is 1.68.